The normalized spacial score (nSPS) is 13.9. The van der Waals surface area contributed by atoms with Crippen molar-refractivity contribution in [3.8, 4) is 11.8 Å². The van der Waals surface area contributed by atoms with E-state index in [1.165, 1.54) is 19.3 Å². The number of hydrogen-bond donors (Lipinski definition) is 1. The molecule has 0 fully saturated rings. The van der Waals surface area contributed by atoms with Crippen molar-refractivity contribution in [3.05, 3.63) is 12.7 Å². The van der Waals surface area contributed by atoms with Gasteiger partial charge in [0.25, 0.3) is 0 Å². The Balaban J connectivity index is 3.55. The Kier molecular flexibility index (Phi) is 8.37. The van der Waals surface area contributed by atoms with E-state index in [2.05, 4.69) is 25.3 Å². The van der Waals surface area contributed by atoms with Crippen LogP contribution in [-0.4, -0.2) is 11.2 Å². The molecule has 0 bridgehead atoms. The number of aliphatic hydroxyl groups excluding tert-OH is 1. The molecule has 1 N–H and O–H groups in total. The summed E-state index contributed by atoms with van der Waals surface area (Å²) in [5.41, 5.74) is 0. The summed E-state index contributed by atoms with van der Waals surface area (Å²) in [6.45, 7) is 7.74. The van der Waals surface area contributed by atoms with E-state index in [9.17, 15) is 5.11 Å². The summed E-state index contributed by atoms with van der Waals surface area (Å²) >= 11 is 0. The first-order chi connectivity index (χ1) is 6.72. The second kappa shape index (κ2) is 8.84. The maximum atomic E-state index is 9.48. The first-order valence-electron chi connectivity index (χ1n) is 5.51. The summed E-state index contributed by atoms with van der Waals surface area (Å²) in [5, 5.41) is 9.48. The van der Waals surface area contributed by atoms with E-state index in [1.54, 1.807) is 6.08 Å². The maximum absolute atomic E-state index is 9.48. The van der Waals surface area contributed by atoms with Crippen LogP contribution >= 0.6 is 0 Å². The third kappa shape index (κ3) is 6.74. The average Bonchev–Trinajstić information content (AvgIpc) is 2.21. The number of hydrogen-bond acceptors (Lipinski definition) is 1. The summed E-state index contributed by atoms with van der Waals surface area (Å²) in [6.07, 6.45) is 7.03. The predicted octanol–water partition coefficient (Wildman–Crippen LogP) is 3.14. The van der Waals surface area contributed by atoms with Gasteiger partial charge in [-0.3, -0.25) is 0 Å². The molecule has 0 unspecified atom stereocenters. The van der Waals surface area contributed by atoms with Crippen LogP contribution in [0.15, 0.2) is 12.7 Å². The van der Waals surface area contributed by atoms with Crippen LogP contribution in [0.4, 0.5) is 0 Å². The number of unbranched alkanes of at least 4 members (excludes halogenated alkanes) is 4. The minimum atomic E-state index is -0.543. The topological polar surface area (TPSA) is 20.2 Å². The molecule has 0 radical (unpaired) electrons. The van der Waals surface area contributed by atoms with Gasteiger partial charge in [-0.15, -0.1) is 12.5 Å². The van der Waals surface area contributed by atoms with Gasteiger partial charge < -0.3 is 5.11 Å². The molecule has 0 spiro atoms. The molecule has 0 amide bonds. The minimum Gasteiger partial charge on any atom is -0.380 e. The lowest BCUT2D eigenvalue weighted by molar-refractivity contribution is 0.195. The van der Waals surface area contributed by atoms with E-state index in [4.69, 9.17) is 0 Å². The highest BCUT2D eigenvalue weighted by Gasteiger charge is 2.05. The lowest BCUT2D eigenvalue weighted by Gasteiger charge is -2.06. The second-order valence-electron chi connectivity index (χ2n) is 3.67. The van der Waals surface area contributed by atoms with Gasteiger partial charge >= 0.3 is 0 Å². The molecule has 0 rings (SSSR count). The highest BCUT2D eigenvalue weighted by Crippen LogP contribution is 2.03. The van der Waals surface area contributed by atoms with Crippen molar-refractivity contribution >= 4 is 0 Å². The highest BCUT2D eigenvalue weighted by atomic mass is 16.3. The Labute approximate surface area is 88.2 Å². The molecular weight excluding hydrogens is 172 g/mol. The van der Waals surface area contributed by atoms with Gasteiger partial charge in [-0.05, 0) is 6.42 Å². The summed E-state index contributed by atoms with van der Waals surface area (Å²) in [4.78, 5) is 0. The van der Waals surface area contributed by atoms with Crippen LogP contribution in [0.2, 0.25) is 0 Å². The van der Waals surface area contributed by atoms with Crippen molar-refractivity contribution in [2.45, 2.75) is 52.1 Å². The van der Waals surface area contributed by atoms with Crippen LogP contribution in [-0.2, 0) is 0 Å². The Morgan fingerprint density at radius 3 is 2.64 bits per heavy atom. The van der Waals surface area contributed by atoms with Crippen LogP contribution in [0.5, 0.6) is 0 Å². The van der Waals surface area contributed by atoms with Crippen LogP contribution < -0.4 is 0 Å². The largest absolute Gasteiger partial charge is 0.380 e. The van der Waals surface area contributed by atoms with E-state index in [0.717, 1.165) is 12.8 Å². The molecule has 2 atom stereocenters. The van der Waals surface area contributed by atoms with Gasteiger partial charge in [0.2, 0.25) is 0 Å². The molecule has 0 aliphatic rings. The zero-order valence-electron chi connectivity index (χ0n) is 9.42. The fourth-order valence-electron chi connectivity index (χ4n) is 1.08. The van der Waals surface area contributed by atoms with Gasteiger partial charge in [-0.2, -0.15) is 0 Å². The van der Waals surface area contributed by atoms with Crippen molar-refractivity contribution in [1.82, 2.24) is 0 Å². The lowest BCUT2D eigenvalue weighted by atomic mass is 10.1. The summed E-state index contributed by atoms with van der Waals surface area (Å²) in [6, 6.07) is 0. The van der Waals surface area contributed by atoms with Crippen LogP contribution in [0, 0.1) is 17.8 Å². The zero-order valence-corrected chi connectivity index (χ0v) is 9.42. The molecular formula is C13H22O. The molecule has 14 heavy (non-hydrogen) atoms. The summed E-state index contributed by atoms with van der Waals surface area (Å²) < 4.78 is 0. The van der Waals surface area contributed by atoms with E-state index in [-0.39, 0.29) is 5.92 Å². The fraction of sp³-hybridized carbons (Fsp3) is 0.692. The Morgan fingerprint density at radius 2 is 2.07 bits per heavy atom. The molecule has 0 aromatic heterocycles. The van der Waals surface area contributed by atoms with Crippen LogP contribution in [0.25, 0.3) is 0 Å². The molecule has 0 aliphatic heterocycles. The Hall–Kier alpha value is -0.740. The number of rotatable bonds is 6. The molecule has 1 heteroatoms. The van der Waals surface area contributed by atoms with Gasteiger partial charge in [0, 0.05) is 12.3 Å². The first kappa shape index (κ1) is 13.3. The third-order valence-electron chi connectivity index (χ3n) is 2.28. The molecule has 0 aromatic rings. The first-order valence-corrected chi connectivity index (χ1v) is 5.51. The van der Waals surface area contributed by atoms with E-state index in [1.807, 2.05) is 6.92 Å². The summed E-state index contributed by atoms with van der Waals surface area (Å²) in [5.74, 6) is 5.92. The Bertz CT molecular complexity index is 197. The quantitative estimate of drug-likeness (QED) is 0.391. The van der Waals surface area contributed by atoms with E-state index in [0.29, 0.717) is 0 Å². The van der Waals surface area contributed by atoms with Crippen molar-refractivity contribution in [3.63, 3.8) is 0 Å². The van der Waals surface area contributed by atoms with Gasteiger partial charge in [0.15, 0.2) is 0 Å². The van der Waals surface area contributed by atoms with Crippen molar-refractivity contribution in [2.75, 3.05) is 0 Å². The predicted molar refractivity (Wildman–Crippen MR) is 61.9 cm³/mol. The minimum absolute atomic E-state index is 0.0677. The maximum Gasteiger partial charge on any atom is 0.120 e. The van der Waals surface area contributed by atoms with E-state index >= 15 is 0 Å². The zero-order chi connectivity index (χ0) is 10.8. The standard InChI is InChI=1S/C13H22O/c1-4-6-7-8-9-10-11-13(14)12(3)5-2/h5,12-14H,2,4,6-9H2,1,3H3/t12-,13+/m1/s1. The van der Waals surface area contributed by atoms with Gasteiger partial charge in [-0.1, -0.05) is 45.1 Å². The highest BCUT2D eigenvalue weighted by molar-refractivity contribution is 5.08. The molecule has 0 saturated carbocycles. The SMILES string of the molecule is C=C[C@@H](C)[C@@H](O)C#CCCCCCC. The fourth-order valence-corrected chi connectivity index (χ4v) is 1.08. The number of aliphatic hydroxyl groups is 1. The van der Waals surface area contributed by atoms with Gasteiger partial charge in [0.1, 0.15) is 6.10 Å². The third-order valence-corrected chi connectivity index (χ3v) is 2.28. The molecule has 1 nitrogen and oxygen atoms in total. The van der Waals surface area contributed by atoms with Gasteiger partial charge in [0.05, 0.1) is 0 Å². The molecule has 80 valence electrons. The van der Waals surface area contributed by atoms with Crippen LogP contribution in [0.1, 0.15) is 46.0 Å². The van der Waals surface area contributed by atoms with E-state index < -0.39 is 6.10 Å². The van der Waals surface area contributed by atoms with Crippen molar-refractivity contribution in [2.24, 2.45) is 5.92 Å². The molecule has 0 heterocycles. The average molecular weight is 194 g/mol. The lowest BCUT2D eigenvalue weighted by Crippen LogP contribution is -2.12. The van der Waals surface area contributed by atoms with Crippen molar-refractivity contribution in [1.29, 1.82) is 0 Å². The molecule has 0 saturated heterocycles. The monoisotopic (exact) mass is 194 g/mol. The molecule has 0 aromatic carbocycles. The molecule has 0 aliphatic carbocycles. The van der Waals surface area contributed by atoms with Crippen LogP contribution in [0.3, 0.4) is 0 Å². The summed E-state index contributed by atoms with van der Waals surface area (Å²) in [7, 11) is 0. The second-order valence-corrected chi connectivity index (χ2v) is 3.67. The van der Waals surface area contributed by atoms with Crippen molar-refractivity contribution < 1.29 is 5.11 Å². The Morgan fingerprint density at radius 1 is 1.36 bits per heavy atom. The smallest absolute Gasteiger partial charge is 0.120 e. The van der Waals surface area contributed by atoms with Gasteiger partial charge in [-0.25, -0.2) is 0 Å².